The molecule has 1 rings (SSSR count). The van der Waals surface area contributed by atoms with Crippen molar-refractivity contribution in [1.29, 1.82) is 0 Å². The fourth-order valence-electron chi connectivity index (χ4n) is 1.16. The maximum Gasteiger partial charge on any atom is 0.262 e. The maximum atomic E-state index is 11.7. The quantitative estimate of drug-likeness (QED) is 0.663. The van der Waals surface area contributed by atoms with E-state index in [9.17, 15) is 13.2 Å². The van der Waals surface area contributed by atoms with Gasteiger partial charge in [-0.1, -0.05) is 11.8 Å². The van der Waals surface area contributed by atoms with Crippen LogP contribution in [-0.2, 0) is 19.7 Å². The van der Waals surface area contributed by atoms with Gasteiger partial charge in [-0.2, -0.15) is 0 Å². The predicted octanol–water partition coefficient (Wildman–Crippen LogP) is 0.171. The smallest absolute Gasteiger partial charge is 0.262 e. The van der Waals surface area contributed by atoms with Gasteiger partial charge in [-0.3, -0.25) is 9.63 Å². The first-order valence-corrected chi connectivity index (χ1v) is 7.09. The van der Waals surface area contributed by atoms with E-state index in [0.717, 1.165) is 6.42 Å². The molecule has 0 aliphatic heterocycles. The predicted molar refractivity (Wildman–Crippen MR) is 67.7 cm³/mol. The summed E-state index contributed by atoms with van der Waals surface area (Å²) in [5.41, 5.74) is 4.81. The van der Waals surface area contributed by atoms with E-state index in [0.29, 0.717) is 12.4 Å². The summed E-state index contributed by atoms with van der Waals surface area (Å²) in [4.78, 5) is 16.7. The molecule has 0 aromatic heterocycles. The number of nitrogens with one attached hydrogen (secondary N) is 1. The van der Waals surface area contributed by atoms with Crippen LogP contribution in [0.1, 0.15) is 13.3 Å². The molecule has 1 amide bonds. The van der Waals surface area contributed by atoms with Crippen LogP contribution in [0.5, 0.6) is 5.75 Å². The number of benzene rings is 1. The van der Waals surface area contributed by atoms with Crippen molar-refractivity contribution < 1.29 is 22.8 Å². The molecule has 0 heterocycles. The minimum absolute atomic E-state index is 0.000758. The van der Waals surface area contributed by atoms with E-state index in [2.05, 4.69) is 4.84 Å². The first kappa shape index (κ1) is 15.4. The van der Waals surface area contributed by atoms with Gasteiger partial charge in [-0.15, -0.1) is 0 Å². The van der Waals surface area contributed by atoms with Gasteiger partial charge in [0.25, 0.3) is 10.0 Å². The number of ether oxygens (including phenoxy) is 1. The number of amides is 1. The van der Waals surface area contributed by atoms with E-state index in [1.54, 1.807) is 4.89 Å². The second kappa shape index (κ2) is 7.07. The minimum Gasteiger partial charge on any atom is -0.494 e. The molecule has 106 valence electrons. The van der Waals surface area contributed by atoms with Crippen LogP contribution in [0.2, 0.25) is 0 Å². The number of hydrogen-bond donors (Lipinski definition) is 2. The molecule has 0 aliphatic rings. The van der Waals surface area contributed by atoms with Crippen LogP contribution in [0.4, 0.5) is 0 Å². The standard InChI is InChI=1S/C11H16N2O5S/c1-2-7-17-9-3-5-10(6-4-9)19(15,16)13-18-8-11(12)14/h3-6,13H,2,7-8H2,1H3,(H2,12,14). The number of carbonyl (C=O) groups excluding carboxylic acids is 1. The minimum atomic E-state index is -3.83. The molecule has 1 aromatic carbocycles. The molecule has 0 unspecified atom stereocenters. The van der Waals surface area contributed by atoms with E-state index in [1.807, 2.05) is 6.92 Å². The molecule has 3 N–H and O–H groups in total. The van der Waals surface area contributed by atoms with Gasteiger partial charge in [0.15, 0.2) is 0 Å². The Morgan fingerprint density at radius 3 is 2.47 bits per heavy atom. The third-order valence-corrected chi connectivity index (χ3v) is 3.22. The zero-order chi connectivity index (χ0) is 14.3. The van der Waals surface area contributed by atoms with Gasteiger partial charge < -0.3 is 10.5 Å². The lowest BCUT2D eigenvalue weighted by atomic mass is 10.3. The topological polar surface area (TPSA) is 108 Å². The Bertz CT molecular complexity index is 512. The maximum absolute atomic E-state index is 11.7. The molecule has 1 aromatic rings. The van der Waals surface area contributed by atoms with Crippen LogP contribution < -0.4 is 15.4 Å². The molecule has 0 spiro atoms. The van der Waals surface area contributed by atoms with Crippen LogP contribution in [0, 0.1) is 0 Å². The Hall–Kier alpha value is -1.64. The Morgan fingerprint density at radius 2 is 1.95 bits per heavy atom. The molecule has 0 saturated carbocycles. The lowest BCUT2D eigenvalue weighted by molar-refractivity contribution is -0.123. The van der Waals surface area contributed by atoms with Crippen LogP contribution in [-0.4, -0.2) is 27.5 Å². The number of primary amides is 1. The highest BCUT2D eigenvalue weighted by Crippen LogP contribution is 2.15. The monoisotopic (exact) mass is 288 g/mol. The summed E-state index contributed by atoms with van der Waals surface area (Å²) < 4.78 is 28.7. The summed E-state index contributed by atoms with van der Waals surface area (Å²) in [7, 11) is -3.83. The zero-order valence-electron chi connectivity index (χ0n) is 10.5. The third-order valence-electron chi connectivity index (χ3n) is 1.99. The molecule has 0 radical (unpaired) electrons. The first-order chi connectivity index (χ1) is 8.95. The van der Waals surface area contributed by atoms with Crippen molar-refractivity contribution in [2.45, 2.75) is 18.2 Å². The molecule has 0 aliphatic carbocycles. The zero-order valence-corrected chi connectivity index (χ0v) is 11.3. The highest BCUT2D eigenvalue weighted by Gasteiger charge is 2.14. The third kappa shape index (κ3) is 5.25. The van der Waals surface area contributed by atoms with Gasteiger partial charge in [-0.25, -0.2) is 8.42 Å². The van der Waals surface area contributed by atoms with Gasteiger partial charge >= 0.3 is 0 Å². The second-order valence-corrected chi connectivity index (χ2v) is 5.31. The van der Waals surface area contributed by atoms with Crippen LogP contribution in [0.3, 0.4) is 0 Å². The molecule has 0 fully saturated rings. The average molecular weight is 288 g/mol. The number of sulfonamides is 1. The normalized spacial score (nSPS) is 11.2. The largest absolute Gasteiger partial charge is 0.494 e. The molecular formula is C11H16N2O5S. The van der Waals surface area contributed by atoms with Crippen molar-refractivity contribution in [3.8, 4) is 5.75 Å². The fourth-order valence-corrected chi connectivity index (χ4v) is 1.97. The Morgan fingerprint density at radius 1 is 1.32 bits per heavy atom. The lowest BCUT2D eigenvalue weighted by Crippen LogP contribution is -2.29. The van der Waals surface area contributed by atoms with Gasteiger partial charge in [0.1, 0.15) is 12.4 Å². The summed E-state index contributed by atoms with van der Waals surface area (Å²) >= 11 is 0. The molecule has 19 heavy (non-hydrogen) atoms. The van der Waals surface area contributed by atoms with Crippen molar-refractivity contribution in [1.82, 2.24) is 4.89 Å². The molecule has 0 bridgehead atoms. The van der Waals surface area contributed by atoms with E-state index in [4.69, 9.17) is 10.5 Å². The van der Waals surface area contributed by atoms with Gasteiger partial charge in [0, 0.05) is 0 Å². The van der Waals surface area contributed by atoms with Gasteiger partial charge in [-0.05, 0) is 30.7 Å². The van der Waals surface area contributed by atoms with Crippen LogP contribution in [0.25, 0.3) is 0 Å². The van der Waals surface area contributed by atoms with Crippen molar-refractivity contribution in [2.24, 2.45) is 5.73 Å². The highest BCUT2D eigenvalue weighted by atomic mass is 32.2. The Kier molecular flexibility index (Phi) is 5.74. The number of nitrogens with two attached hydrogens (primary N) is 1. The average Bonchev–Trinajstić information content (AvgIpc) is 2.36. The molecule has 8 heteroatoms. The van der Waals surface area contributed by atoms with Gasteiger partial charge in [0.05, 0.1) is 11.5 Å². The van der Waals surface area contributed by atoms with Crippen molar-refractivity contribution >= 4 is 15.9 Å². The summed E-state index contributed by atoms with van der Waals surface area (Å²) in [6.07, 6.45) is 0.864. The lowest BCUT2D eigenvalue weighted by Gasteiger charge is -2.07. The molecule has 0 atom stereocenters. The van der Waals surface area contributed by atoms with E-state index >= 15 is 0 Å². The van der Waals surface area contributed by atoms with Gasteiger partial charge in [0.2, 0.25) is 5.91 Å². The van der Waals surface area contributed by atoms with E-state index in [1.165, 1.54) is 24.3 Å². The van der Waals surface area contributed by atoms with E-state index in [-0.39, 0.29) is 4.90 Å². The van der Waals surface area contributed by atoms with Crippen molar-refractivity contribution in [3.05, 3.63) is 24.3 Å². The number of carbonyl (C=O) groups is 1. The van der Waals surface area contributed by atoms with E-state index < -0.39 is 22.5 Å². The van der Waals surface area contributed by atoms with Crippen LogP contribution in [0.15, 0.2) is 29.2 Å². The van der Waals surface area contributed by atoms with Crippen molar-refractivity contribution in [3.63, 3.8) is 0 Å². The fraction of sp³-hybridized carbons (Fsp3) is 0.364. The van der Waals surface area contributed by atoms with Crippen molar-refractivity contribution in [2.75, 3.05) is 13.2 Å². The second-order valence-electron chi connectivity index (χ2n) is 3.66. The highest BCUT2D eigenvalue weighted by molar-refractivity contribution is 7.89. The molecule has 7 nitrogen and oxygen atoms in total. The van der Waals surface area contributed by atoms with Crippen LogP contribution >= 0.6 is 0 Å². The first-order valence-electron chi connectivity index (χ1n) is 5.60. The summed E-state index contributed by atoms with van der Waals surface area (Å²) in [6.45, 7) is 2.00. The molecule has 0 saturated heterocycles. The Labute approximate surface area is 111 Å². The number of rotatable bonds is 8. The summed E-state index contributed by atoms with van der Waals surface area (Å²) in [6, 6.07) is 5.83. The number of hydrogen-bond acceptors (Lipinski definition) is 5. The SMILES string of the molecule is CCCOc1ccc(S(=O)(=O)NOCC(N)=O)cc1. The molecular weight excluding hydrogens is 272 g/mol. The Balaban J connectivity index is 2.65. The summed E-state index contributed by atoms with van der Waals surface area (Å²) in [5.74, 6) is -0.190. The summed E-state index contributed by atoms with van der Waals surface area (Å²) in [5, 5.41) is 0.